The Bertz CT molecular complexity index is 701. The third-order valence-corrected chi connectivity index (χ3v) is 4.19. The lowest BCUT2D eigenvalue weighted by atomic mass is 9.91. The van der Waals surface area contributed by atoms with Crippen LogP contribution in [0.5, 0.6) is 0 Å². The van der Waals surface area contributed by atoms with Crippen LogP contribution < -0.4 is 5.32 Å². The molecule has 0 spiro atoms. The van der Waals surface area contributed by atoms with Crippen molar-refractivity contribution < 1.29 is 4.79 Å². The average molecular weight is 295 g/mol. The number of benzene rings is 1. The molecule has 1 aliphatic carbocycles. The minimum absolute atomic E-state index is 0.0510. The second kappa shape index (κ2) is 6.18. The van der Waals surface area contributed by atoms with E-state index in [-0.39, 0.29) is 11.9 Å². The van der Waals surface area contributed by atoms with Gasteiger partial charge in [0.2, 0.25) is 5.91 Å². The Labute approximate surface area is 130 Å². The highest BCUT2D eigenvalue weighted by Crippen LogP contribution is 2.31. The van der Waals surface area contributed by atoms with Crippen LogP contribution in [0, 0.1) is 6.92 Å². The molecule has 0 fully saturated rings. The first-order valence-corrected chi connectivity index (χ1v) is 7.71. The standard InChI is InChI=1S/C18H21N3O/c1-13-18-15(9-6-10-16(18)21(2)20-13)19-17(22)12-11-14-7-4-3-5-8-14/h3-5,7-8,11-12,15H,6,9-10H2,1-2H3,(H,19,22)/b12-11+. The Kier molecular flexibility index (Phi) is 4.09. The highest BCUT2D eigenvalue weighted by Gasteiger charge is 2.26. The van der Waals surface area contributed by atoms with Crippen molar-refractivity contribution in [3.8, 4) is 0 Å². The Morgan fingerprint density at radius 2 is 2.14 bits per heavy atom. The number of nitrogens with one attached hydrogen (secondary N) is 1. The second-order valence-corrected chi connectivity index (χ2v) is 5.77. The highest BCUT2D eigenvalue weighted by molar-refractivity contribution is 5.92. The molecule has 1 N–H and O–H groups in total. The molecule has 1 aromatic heterocycles. The molecule has 0 saturated carbocycles. The second-order valence-electron chi connectivity index (χ2n) is 5.77. The fourth-order valence-corrected chi connectivity index (χ4v) is 3.19. The van der Waals surface area contributed by atoms with Gasteiger partial charge in [-0.3, -0.25) is 9.48 Å². The summed E-state index contributed by atoms with van der Waals surface area (Å²) >= 11 is 0. The summed E-state index contributed by atoms with van der Waals surface area (Å²) in [7, 11) is 1.98. The van der Waals surface area contributed by atoms with E-state index in [0.717, 1.165) is 30.5 Å². The van der Waals surface area contributed by atoms with E-state index in [1.54, 1.807) is 6.08 Å². The summed E-state index contributed by atoms with van der Waals surface area (Å²) in [5.74, 6) is -0.0510. The normalized spacial score (nSPS) is 17.5. The molecule has 0 aliphatic heterocycles. The van der Waals surface area contributed by atoms with Gasteiger partial charge in [0.25, 0.3) is 0 Å². The van der Waals surface area contributed by atoms with Crippen LogP contribution in [0.1, 0.15) is 41.4 Å². The molecule has 114 valence electrons. The zero-order valence-corrected chi connectivity index (χ0v) is 13.0. The van der Waals surface area contributed by atoms with Crippen LogP contribution in [0.25, 0.3) is 6.08 Å². The summed E-state index contributed by atoms with van der Waals surface area (Å²) < 4.78 is 1.95. The Hall–Kier alpha value is -2.36. The Morgan fingerprint density at radius 3 is 2.91 bits per heavy atom. The van der Waals surface area contributed by atoms with E-state index in [1.807, 2.05) is 55.1 Å². The number of hydrogen-bond donors (Lipinski definition) is 1. The van der Waals surface area contributed by atoms with Gasteiger partial charge >= 0.3 is 0 Å². The van der Waals surface area contributed by atoms with Crippen molar-refractivity contribution >= 4 is 12.0 Å². The van der Waals surface area contributed by atoms with Crippen molar-refractivity contribution in [1.29, 1.82) is 0 Å². The van der Waals surface area contributed by atoms with Crippen LogP contribution in [0.15, 0.2) is 36.4 Å². The van der Waals surface area contributed by atoms with Crippen LogP contribution in [0.2, 0.25) is 0 Å². The molecular weight excluding hydrogens is 274 g/mol. The average Bonchev–Trinajstić information content (AvgIpc) is 2.82. The first-order valence-electron chi connectivity index (χ1n) is 7.71. The molecule has 4 nitrogen and oxygen atoms in total. The highest BCUT2D eigenvalue weighted by atomic mass is 16.1. The van der Waals surface area contributed by atoms with Crippen molar-refractivity contribution in [2.45, 2.75) is 32.2 Å². The van der Waals surface area contributed by atoms with Crippen molar-refractivity contribution in [2.24, 2.45) is 7.05 Å². The van der Waals surface area contributed by atoms with E-state index in [2.05, 4.69) is 10.4 Å². The molecular formula is C18H21N3O. The summed E-state index contributed by atoms with van der Waals surface area (Å²) in [6.07, 6.45) is 6.55. The van der Waals surface area contributed by atoms with Gasteiger partial charge in [-0.1, -0.05) is 30.3 Å². The topological polar surface area (TPSA) is 46.9 Å². The number of carbonyl (C=O) groups is 1. The summed E-state index contributed by atoms with van der Waals surface area (Å²) in [6.45, 7) is 2.02. The number of aromatic nitrogens is 2. The summed E-state index contributed by atoms with van der Waals surface area (Å²) in [4.78, 5) is 12.2. The third kappa shape index (κ3) is 2.96. The molecule has 1 aromatic carbocycles. The quantitative estimate of drug-likeness (QED) is 0.885. The minimum atomic E-state index is -0.0510. The molecule has 1 unspecified atom stereocenters. The molecule has 22 heavy (non-hydrogen) atoms. The van der Waals surface area contributed by atoms with Crippen molar-refractivity contribution in [2.75, 3.05) is 0 Å². The molecule has 2 aromatic rings. The minimum Gasteiger partial charge on any atom is -0.346 e. The fourth-order valence-electron chi connectivity index (χ4n) is 3.19. The fraction of sp³-hybridized carbons (Fsp3) is 0.333. The van der Waals surface area contributed by atoms with Gasteiger partial charge in [0.05, 0.1) is 11.7 Å². The van der Waals surface area contributed by atoms with Crippen LogP contribution in [-0.4, -0.2) is 15.7 Å². The zero-order chi connectivity index (χ0) is 15.5. The Balaban J connectivity index is 1.72. The lowest BCUT2D eigenvalue weighted by Crippen LogP contribution is -2.30. The van der Waals surface area contributed by atoms with Gasteiger partial charge in [-0.2, -0.15) is 5.10 Å². The molecule has 1 atom stereocenters. The molecule has 1 heterocycles. The zero-order valence-electron chi connectivity index (χ0n) is 13.0. The number of hydrogen-bond acceptors (Lipinski definition) is 2. The third-order valence-electron chi connectivity index (χ3n) is 4.19. The first-order chi connectivity index (χ1) is 10.6. The number of nitrogens with zero attached hydrogens (tertiary/aromatic N) is 2. The van der Waals surface area contributed by atoms with Crippen molar-refractivity contribution in [1.82, 2.24) is 15.1 Å². The first kappa shape index (κ1) is 14.6. The number of carbonyl (C=O) groups excluding carboxylic acids is 1. The van der Waals surface area contributed by atoms with E-state index >= 15 is 0 Å². The van der Waals surface area contributed by atoms with Gasteiger partial charge in [-0.05, 0) is 37.8 Å². The van der Waals surface area contributed by atoms with E-state index in [4.69, 9.17) is 0 Å². The lowest BCUT2D eigenvalue weighted by molar-refractivity contribution is -0.117. The SMILES string of the molecule is Cc1nn(C)c2c1C(NC(=O)/C=C/c1ccccc1)CCC2. The van der Waals surface area contributed by atoms with Crippen LogP contribution >= 0.6 is 0 Å². The molecule has 3 rings (SSSR count). The smallest absolute Gasteiger partial charge is 0.244 e. The van der Waals surface area contributed by atoms with Crippen LogP contribution in [0.4, 0.5) is 0 Å². The summed E-state index contributed by atoms with van der Waals surface area (Å²) in [5, 5.41) is 7.61. The van der Waals surface area contributed by atoms with Crippen LogP contribution in [-0.2, 0) is 18.3 Å². The summed E-state index contributed by atoms with van der Waals surface area (Å²) in [5.41, 5.74) is 4.50. The largest absolute Gasteiger partial charge is 0.346 e. The number of amides is 1. The van der Waals surface area contributed by atoms with E-state index in [9.17, 15) is 4.79 Å². The Morgan fingerprint density at radius 1 is 1.36 bits per heavy atom. The monoisotopic (exact) mass is 295 g/mol. The predicted octanol–water partition coefficient (Wildman–Crippen LogP) is 2.94. The van der Waals surface area contributed by atoms with E-state index in [0.29, 0.717) is 0 Å². The maximum atomic E-state index is 12.2. The van der Waals surface area contributed by atoms with Gasteiger partial charge in [-0.15, -0.1) is 0 Å². The molecule has 0 saturated heterocycles. The maximum absolute atomic E-state index is 12.2. The van der Waals surface area contributed by atoms with Gasteiger partial charge in [0.1, 0.15) is 0 Å². The molecule has 0 radical (unpaired) electrons. The maximum Gasteiger partial charge on any atom is 0.244 e. The molecule has 4 heteroatoms. The van der Waals surface area contributed by atoms with E-state index < -0.39 is 0 Å². The van der Waals surface area contributed by atoms with Crippen molar-refractivity contribution in [3.05, 3.63) is 58.9 Å². The van der Waals surface area contributed by atoms with Crippen LogP contribution in [0.3, 0.4) is 0 Å². The molecule has 1 aliphatic rings. The number of aryl methyl sites for hydroxylation is 2. The van der Waals surface area contributed by atoms with Gasteiger partial charge in [0, 0.05) is 24.4 Å². The molecule has 0 bridgehead atoms. The van der Waals surface area contributed by atoms with Gasteiger partial charge in [0.15, 0.2) is 0 Å². The number of rotatable bonds is 3. The van der Waals surface area contributed by atoms with Crippen molar-refractivity contribution in [3.63, 3.8) is 0 Å². The number of fused-ring (bicyclic) bond motifs is 1. The lowest BCUT2D eigenvalue weighted by Gasteiger charge is -2.24. The van der Waals surface area contributed by atoms with E-state index in [1.165, 1.54) is 11.3 Å². The molecule has 1 amide bonds. The summed E-state index contributed by atoms with van der Waals surface area (Å²) in [6, 6.07) is 9.92. The van der Waals surface area contributed by atoms with Gasteiger partial charge < -0.3 is 5.32 Å². The van der Waals surface area contributed by atoms with Gasteiger partial charge in [-0.25, -0.2) is 0 Å². The predicted molar refractivity (Wildman–Crippen MR) is 87.2 cm³/mol.